The molecular formula is C22H18FN4NaO3S. The summed E-state index contributed by atoms with van der Waals surface area (Å²) in [5.41, 5.74) is 8.98. The molecule has 0 aliphatic heterocycles. The summed E-state index contributed by atoms with van der Waals surface area (Å²) >= 11 is 0. The summed E-state index contributed by atoms with van der Waals surface area (Å²) in [7, 11) is -4.50. The fourth-order valence-corrected chi connectivity index (χ4v) is 3.95. The van der Waals surface area contributed by atoms with Crippen LogP contribution < -0.4 is 5.73 Å². The second kappa shape index (κ2) is 9.43. The Balaban J connectivity index is 0.00000289. The number of benzene rings is 3. The third-order valence-electron chi connectivity index (χ3n) is 4.80. The number of halogens is 1. The van der Waals surface area contributed by atoms with Crippen molar-refractivity contribution in [3.05, 3.63) is 78.2 Å². The molecule has 3 aromatic carbocycles. The normalized spacial score (nSPS) is 11.6. The van der Waals surface area contributed by atoms with Gasteiger partial charge in [-0.25, -0.2) is 4.39 Å². The van der Waals surface area contributed by atoms with Gasteiger partial charge in [-0.3, -0.25) is 9.54 Å². The van der Waals surface area contributed by atoms with Crippen LogP contribution in [0.2, 0.25) is 0 Å². The van der Waals surface area contributed by atoms with Gasteiger partial charge in [-0.1, -0.05) is 30.3 Å². The van der Waals surface area contributed by atoms with Gasteiger partial charge in [0.15, 0.2) is 0 Å². The van der Waals surface area contributed by atoms with Crippen molar-refractivity contribution >= 4 is 67.5 Å². The summed E-state index contributed by atoms with van der Waals surface area (Å²) < 4.78 is 46.8. The number of hydrogen-bond acceptors (Lipinski definition) is 6. The fourth-order valence-electron chi connectivity index (χ4n) is 3.23. The number of aryl methyl sites for hydroxylation is 1. The summed E-state index contributed by atoms with van der Waals surface area (Å²) in [4.78, 5) is 4.00. The van der Waals surface area contributed by atoms with E-state index in [9.17, 15) is 17.4 Å². The Morgan fingerprint density at radius 3 is 2.38 bits per heavy atom. The van der Waals surface area contributed by atoms with Gasteiger partial charge in [0.25, 0.3) is 10.1 Å². The molecule has 0 aliphatic carbocycles. The van der Waals surface area contributed by atoms with Crippen LogP contribution in [0.1, 0.15) is 5.56 Å². The number of nitrogens with zero attached hydrogens (tertiary/aromatic N) is 3. The molecule has 4 rings (SSSR count). The number of nitrogens with two attached hydrogens (primary N) is 1. The molecule has 0 fully saturated rings. The minimum atomic E-state index is -4.50. The van der Waals surface area contributed by atoms with Gasteiger partial charge in [-0.05, 0) is 42.8 Å². The molecule has 4 aromatic rings. The summed E-state index contributed by atoms with van der Waals surface area (Å²) in [6.07, 6.45) is 1.46. The van der Waals surface area contributed by atoms with Crippen molar-refractivity contribution in [2.75, 3.05) is 5.73 Å². The molecule has 1 aromatic heterocycles. The Morgan fingerprint density at radius 1 is 1.00 bits per heavy atom. The Morgan fingerprint density at radius 2 is 1.72 bits per heavy atom. The number of azo groups is 1. The first-order valence-corrected chi connectivity index (χ1v) is 10.6. The first kappa shape index (κ1) is 24.0. The minimum absolute atomic E-state index is 0. The monoisotopic (exact) mass is 460 g/mol. The van der Waals surface area contributed by atoms with Crippen molar-refractivity contribution in [2.45, 2.75) is 11.8 Å². The number of anilines is 1. The third-order valence-corrected chi connectivity index (χ3v) is 5.69. The van der Waals surface area contributed by atoms with Gasteiger partial charge in [0.05, 0.1) is 17.6 Å². The van der Waals surface area contributed by atoms with E-state index in [4.69, 9.17) is 5.73 Å². The number of fused-ring (bicyclic) bond motifs is 1. The number of nitrogen functional groups attached to an aromatic ring is 1. The second-order valence-corrected chi connectivity index (χ2v) is 8.28. The predicted octanol–water partition coefficient (Wildman–Crippen LogP) is 4.95. The van der Waals surface area contributed by atoms with Crippen molar-refractivity contribution in [1.82, 2.24) is 4.98 Å². The Labute approximate surface area is 206 Å². The summed E-state index contributed by atoms with van der Waals surface area (Å²) in [5, 5.41) is 8.85. The van der Waals surface area contributed by atoms with Gasteiger partial charge in [0.1, 0.15) is 22.1 Å². The molecule has 0 atom stereocenters. The van der Waals surface area contributed by atoms with E-state index in [2.05, 4.69) is 15.2 Å². The van der Waals surface area contributed by atoms with Crippen LogP contribution in [0.15, 0.2) is 82.0 Å². The van der Waals surface area contributed by atoms with Gasteiger partial charge in [-0.2, -0.15) is 8.42 Å². The number of pyridine rings is 1. The van der Waals surface area contributed by atoms with Crippen LogP contribution in [-0.2, 0) is 10.1 Å². The molecule has 3 N–H and O–H groups in total. The molecule has 32 heavy (non-hydrogen) atoms. The summed E-state index contributed by atoms with van der Waals surface area (Å²) in [5.74, 6) is -0.354. The van der Waals surface area contributed by atoms with Crippen LogP contribution in [0.4, 0.5) is 21.5 Å². The van der Waals surface area contributed by atoms with Gasteiger partial charge < -0.3 is 5.73 Å². The first-order chi connectivity index (χ1) is 14.7. The van der Waals surface area contributed by atoms with E-state index in [1.807, 2.05) is 6.92 Å². The quantitative estimate of drug-likeness (QED) is 0.193. The third kappa shape index (κ3) is 4.87. The van der Waals surface area contributed by atoms with Gasteiger partial charge in [0, 0.05) is 16.3 Å². The van der Waals surface area contributed by atoms with E-state index in [1.165, 1.54) is 24.4 Å². The predicted molar refractivity (Wildman–Crippen MR) is 124 cm³/mol. The SMILES string of the molecule is Cc1ccc(F)cc1-c1ccc(/N=N/c2cc(S(=O)(=O)O)c3ccccc3c2N)cn1.[NaH]. The zero-order valence-corrected chi connectivity index (χ0v) is 17.1. The van der Waals surface area contributed by atoms with Crippen LogP contribution in [0.3, 0.4) is 0 Å². The average molecular weight is 460 g/mol. The van der Waals surface area contributed by atoms with Crippen molar-refractivity contribution in [1.29, 1.82) is 0 Å². The molecule has 158 valence electrons. The summed E-state index contributed by atoms with van der Waals surface area (Å²) in [6, 6.07) is 15.5. The molecule has 0 unspecified atom stereocenters. The molecule has 0 saturated heterocycles. The molecule has 10 heteroatoms. The molecule has 0 radical (unpaired) electrons. The zero-order chi connectivity index (χ0) is 22.2. The Bertz CT molecular complexity index is 1440. The molecule has 0 aliphatic rings. The zero-order valence-electron chi connectivity index (χ0n) is 16.3. The maximum absolute atomic E-state index is 13.6. The van der Waals surface area contributed by atoms with E-state index in [0.29, 0.717) is 22.3 Å². The van der Waals surface area contributed by atoms with Gasteiger partial charge in [0.2, 0.25) is 0 Å². The molecule has 0 spiro atoms. The van der Waals surface area contributed by atoms with E-state index >= 15 is 0 Å². The molecule has 0 bridgehead atoms. The topological polar surface area (TPSA) is 118 Å². The van der Waals surface area contributed by atoms with Crippen molar-refractivity contribution in [2.24, 2.45) is 10.2 Å². The molecule has 7 nitrogen and oxygen atoms in total. The second-order valence-electron chi connectivity index (χ2n) is 6.89. The van der Waals surface area contributed by atoms with Crippen molar-refractivity contribution in [3.63, 3.8) is 0 Å². The van der Waals surface area contributed by atoms with Gasteiger partial charge >= 0.3 is 29.6 Å². The summed E-state index contributed by atoms with van der Waals surface area (Å²) in [6.45, 7) is 1.86. The number of aromatic nitrogens is 1. The van der Waals surface area contributed by atoms with Gasteiger partial charge in [-0.15, -0.1) is 10.2 Å². The van der Waals surface area contributed by atoms with Crippen LogP contribution in [0.5, 0.6) is 0 Å². The maximum atomic E-state index is 13.6. The van der Waals surface area contributed by atoms with E-state index < -0.39 is 10.1 Å². The Hall–Kier alpha value is -2.69. The average Bonchev–Trinajstić information content (AvgIpc) is 2.75. The van der Waals surface area contributed by atoms with E-state index in [0.717, 1.165) is 5.56 Å². The number of hydrogen-bond donors (Lipinski definition) is 2. The molecule has 0 saturated carbocycles. The number of rotatable bonds is 4. The molecular weight excluding hydrogens is 442 g/mol. The Kier molecular flexibility index (Phi) is 7.06. The molecule has 0 amide bonds. The van der Waals surface area contributed by atoms with Crippen LogP contribution >= 0.6 is 0 Å². The van der Waals surface area contributed by atoms with Crippen molar-refractivity contribution in [3.8, 4) is 11.3 Å². The van der Waals surface area contributed by atoms with E-state index in [1.54, 1.807) is 42.5 Å². The molecule has 1 heterocycles. The van der Waals surface area contributed by atoms with Crippen LogP contribution in [0.25, 0.3) is 22.0 Å². The van der Waals surface area contributed by atoms with Crippen LogP contribution in [0, 0.1) is 12.7 Å². The van der Waals surface area contributed by atoms with E-state index in [-0.39, 0.29) is 57.0 Å². The van der Waals surface area contributed by atoms with Crippen molar-refractivity contribution < 1.29 is 17.4 Å². The van der Waals surface area contributed by atoms with Crippen LogP contribution in [-0.4, -0.2) is 47.5 Å². The first-order valence-electron chi connectivity index (χ1n) is 9.17. The fraction of sp³-hybridized carbons (Fsp3) is 0.0455. The standard InChI is InChI=1S/C22H17FN4O3S.Na.H/c1-13-6-7-14(23)10-18(13)19-9-8-15(12-25-19)26-27-20-11-21(31(28,29)30)16-4-2-3-5-17(16)22(20)24;;/h2-12H,24H2,1H3,(H,28,29,30);;/b27-26+;;.